The molecule has 4 heteroatoms. The van der Waals surface area contributed by atoms with E-state index >= 15 is 0 Å². The Bertz CT molecular complexity index is 258. The summed E-state index contributed by atoms with van der Waals surface area (Å²) in [4.78, 5) is 4.13. The first-order valence-corrected chi connectivity index (χ1v) is 4.97. The van der Waals surface area contributed by atoms with Crippen LogP contribution < -0.4 is 5.73 Å². The van der Waals surface area contributed by atoms with Gasteiger partial charge in [0, 0.05) is 6.42 Å². The van der Waals surface area contributed by atoms with Crippen LogP contribution in [-0.4, -0.2) is 17.6 Å². The molecule has 2 N–H and O–H groups in total. The number of ether oxygens (including phenoxy) is 1. The van der Waals surface area contributed by atoms with E-state index in [4.69, 9.17) is 14.9 Å². The lowest BCUT2D eigenvalue weighted by Gasteiger charge is -2.03. The van der Waals surface area contributed by atoms with Gasteiger partial charge in [-0.05, 0) is 26.8 Å². The molecule has 1 aromatic heterocycles. The lowest BCUT2D eigenvalue weighted by Crippen LogP contribution is -2.01. The zero-order valence-electron chi connectivity index (χ0n) is 8.82. The topological polar surface area (TPSA) is 61.3 Å². The van der Waals surface area contributed by atoms with Crippen molar-refractivity contribution in [3.8, 4) is 0 Å². The maximum absolute atomic E-state index is 5.44. The number of aromatic nitrogens is 1. The minimum absolute atomic E-state index is 0.215. The molecule has 0 radical (unpaired) electrons. The highest BCUT2D eigenvalue weighted by Gasteiger charge is 2.04. The van der Waals surface area contributed by atoms with Crippen molar-refractivity contribution < 1.29 is 9.15 Å². The molecule has 0 bridgehead atoms. The van der Waals surface area contributed by atoms with E-state index in [0.717, 1.165) is 24.5 Å². The molecule has 1 rings (SSSR count). The smallest absolute Gasteiger partial charge is 0.194 e. The highest BCUT2D eigenvalue weighted by atomic mass is 16.5. The average molecular weight is 198 g/mol. The van der Waals surface area contributed by atoms with Crippen molar-refractivity contribution in [2.45, 2.75) is 39.4 Å². The van der Waals surface area contributed by atoms with Crippen molar-refractivity contribution in [3.63, 3.8) is 0 Å². The van der Waals surface area contributed by atoms with Crippen molar-refractivity contribution in [1.29, 1.82) is 0 Å². The molecule has 0 aliphatic heterocycles. The molecule has 14 heavy (non-hydrogen) atoms. The first kappa shape index (κ1) is 11.2. The van der Waals surface area contributed by atoms with Gasteiger partial charge < -0.3 is 14.9 Å². The zero-order chi connectivity index (χ0) is 10.4. The van der Waals surface area contributed by atoms with Crippen molar-refractivity contribution >= 4 is 0 Å². The van der Waals surface area contributed by atoms with Crippen LogP contribution in [0.5, 0.6) is 0 Å². The highest BCUT2D eigenvalue weighted by Crippen LogP contribution is 2.07. The van der Waals surface area contributed by atoms with Gasteiger partial charge in [0.15, 0.2) is 5.89 Å². The van der Waals surface area contributed by atoms with E-state index in [2.05, 4.69) is 4.98 Å². The number of hydrogen-bond acceptors (Lipinski definition) is 4. The average Bonchev–Trinajstić information content (AvgIpc) is 2.59. The fraction of sp³-hybridized carbons (Fsp3) is 0.700. The fourth-order valence-corrected chi connectivity index (χ4v) is 1.03. The number of aryl methyl sites for hydroxylation is 1. The van der Waals surface area contributed by atoms with Crippen LogP contribution >= 0.6 is 0 Å². The Hall–Kier alpha value is -0.870. The van der Waals surface area contributed by atoms with Crippen molar-refractivity contribution in [1.82, 2.24) is 4.98 Å². The summed E-state index contributed by atoms with van der Waals surface area (Å²) in [5.41, 5.74) is 5.39. The van der Waals surface area contributed by atoms with Gasteiger partial charge in [-0.2, -0.15) is 0 Å². The number of rotatable bonds is 6. The van der Waals surface area contributed by atoms with Gasteiger partial charge in [0.25, 0.3) is 0 Å². The summed E-state index contributed by atoms with van der Waals surface area (Å²) in [5.74, 6) is 1.53. The number of hydrogen-bond donors (Lipinski definition) is 1. The third kappa shape index (κ3) is 3.89. The molecule has 0 amide bonds. The molecule has 0 fully saturated rings. The monoisotopic (exact) mass is 198 g/mol. The molecule has 0 saturated carbocycles. The quantitative estimate of drug-likeness (QED) is 0.752. The second-order valence-electron chi connectivity index (χ2n) is 3.47. The number of oxazole rings is 1. The van der Waals surface area contributed by atoms with Gasteiger partial charge in [0.05, 0.1) is 12.3 Å². The number of nitrogens with zero attached hydrogens (tertiary/aromatic N) is 1. The molecule has 0 aromatic carbocycles. The highest BCUT2D eigenvalue weighted by molar-refractivity contribution is 4.92. The summed E-state index contributed by atoms with van der Waals surface area (Å²) in [6, 6.07) is 0. The first-order valence-electron chi connectivity index (χ1n) is 4.97. The lowest BCUT2D eigenvalue weighted by molar-refractivity contribution is 0.0539. The first-order chi connectivity index (χ1) is 6.72. The summed E-state index contributed by atoms with van der Waals surface area (Å²) in [5, 5.41) is 0. The summed E-state index contributed by atoms with van der Waals surface area (Å²) in [7, 11) is 0. The molecule has 0 unspecified atom stereocenters. The standard InChI is InChI=1S/C10H18N2O2/c1-8(2)13-7-9-6-12-10(14-9)4-3-5-11/h6,8H,3-5,7,11H2,1-2H3. The molecular weight excluding hydrogens is 180 g/mol. The molecule has 0 saturated heterocycles. The van der Waals surface area contributed by atoms with Gasteiger partial charge in [-0.3, -0.25) is 0 Å². The Morgan fingerprint density at radius 2 is 2.36 bits per heavy atom. The molecule has 4 nitrogen and oxygen atoms in total. The SMILES string of the molecule is CC(C)OCc1cnc(CCCN)o1. The van der Waals surface area contributed by atoms with E-state index < -0.39 is 0 Å². The summed E-state index contributed by atoms with van der Waals surface area (Å²) in [6.07, 6.45) is 3.64. The van der Waals surface area contributed by atoms with E-state index in [1.165, 1.54) is 0 Å². The Kier molecular flexibility index (Phi) is 4.62. The number of nitrogens with two attached hydrogens (primary N) is 1. The second-order valence-corrected chi connectivity index (χ2v) is 3.47. The van der Waals surface area contributed by atoms with Gasteiger partial charge in [-0.1, -0.05) is 0 Å². The molecular formula is C10H18N2O2. The second kappa shape index (κ2) is 5.78. The van der Waals surface area contributed by atoms with Crippen LogP contribution in [0.3, 0.4) is 0 Å². The van der Waals surface area contributed by atoms with Gasteiger partial charge in [-0.15, -0.1) is 0 Å². The Morgan fingerprint density at radius 3 is 3.00 bits per heavy atom. The van der Waals surface area contributed by atoms with Crippen LogP contribution in [0.4, 0.5) is 0 Å². The predicted molar refractivity (Wildman–Crippen MR) is 53.8 cm³/mol. The van der Waals surface area contributed by atoms with Gasteiger partial charge >= 0.3 is 0 Å². The van der Waals surface area contributed by atoms with Crippen LogP contribution in [0.2, 0.25) is 0 Å². The molecule has 80 valence electrons. The lowest BCUT2D eigenvalue weighted by atomic mass is 10.3. The van der Waals surface area contributed by atoms with Gasteiger partial charge in [0.1, 0.15) is 12.4 Å². The van der Waals surface area contributed by atoms with Crippen LogP contribution in [0, 0.1) is 0 Å². The predicted octanol–water partition coefficient (Wildman–Crippen LogP) is 1.49. The van der Waals surface area contributed by atoms with Gasteiger partial charge in [-0.25, -0.2) is 4.98 Å². The fourth-order valence-electron chi connectivity index (χ4n) is 1.03. The molecule has 0 atom stereocenters. The zero-order valence-corrected chi connectivity index (χ0v) is 8.82. The van der Waals surface area contributed by atoms with E-state index in [1.54, 1.807) is 6.20 Å². The van der Waals surface area contributed by atoms with Crippen LogP contribution in [0.25, 0.3) is 0 Å². The van der Waals surface area contributed by atoms with Crippen molar-refractivity contribution in [2.24, 2.45) is 5.73 Å². The minimum Gasteiger partial charge on any atom is -0.443 e. The van der Waals surface area contributed by atoms with Crippen LogP contribution in [0.15, 0.2) is 10.6 Å². The largest absolute Gasteiger partial charge is 0.443 e. The summed E-state index contributed by atoms with van der Waals surface area (Å²) >= 11 is 0. The van der Waals surface area contributed by atoms with Crippen molar-refractivity contribution in [2.75, 3.05) is 6.54 Å². The Morgan fingerprint density at radius 1 is 1.57 bits per heavy atom. The van der Waals surface area contributed by atoms with E-state index in [1.807, 2.05) is 13.8 Å². The Labute approximate surface area is 84.5 Å². The molecule has 0 spiro atoms. The molecule has 1 aromatic rings. The molecule has 0 aliphatic rings. The summed E-state index contributed by atoms with van der Waals surface area (Å²) in [6.45, 7) is 5.14. The van der Waals surface area contributed by atoms with E-state index in [0.29, 0.717) is 13.2 Å². The van der Waals surface area contributed by atoms with Crippen molar-refractivity contribution in [3.05, 3.63) is 17.8 Å². The van der Waals surface area contributed by atoms with Crippen LogP contribution in [-0.2, 0) is 17.8 Å². The normalized spacial score (nSPS) is 11.1. The van der Waals surface area contributed by atoms with Crippen LogP contribution in [0.1, 0.15) is 31.9 Å². The maximum Gasteiger partial charge on any atom is 0.194 e. The molecule has 0 aliphatic carbocycles. The minimum atomic E-state index is 0.215. The maximum atomic E-state index is 5.44. The molecule has 1 heterocycles. The van der Waals surface area contributed by atoms with E-state index in [9.17, 15) is 0 Å². The summed E-state index contributed by atoms with van der Waals surface area (Å²) < 4.78 is 10.8. The third-order valence-corrected chi connectivity index (χ3v) is 1.76. The third-order valence-electron chi connectivity index (χ3n) is 1.76. The van der Waals surface area contributed by atoms with Gasteiger partial charge in [0.2, 0.25) is 0 Å². The van der Waals surface area contributed by atoms with E-state index in [-0.39, 0.29) is 6.10 Å². The Balaban J connectivity index is 2.35.